The van der Waals surface area contributed by atoms with Crippen molar-refractivity contribution in [3.8, 4) is 0 Å². The van der Waals surface area contributed by atoms with Gasteiger partial charge in [0.25, 0.3) is 0 Å². The molecular formula is C35H46N2. The summed E-state index contributed by atoms with van der Waals surface area (Å²) in [6, 6.07) is 21.7. The van der Waals surface area contributed by atoms with E-state index >= 15 is 0 Å². The van der Waals surface area contributed by atoms with Gasteiger partial charge in [-0.15, -0.1) is 0 Å². The van der Waals surface area contributed by atoms with Gasteiger partial charge in [-0.1, -0.05) is 101 Å². The number of benzene rings is 2. The molecule has 0 fully saturated rings. The normalized spacial score (nSPS) is 28.2. The van der Waals surface area contributed by atoms with E-state index in [1.807, 2.05) is 0 Å². The van der Waals surface area contributed by atoms with Gasteiger partial charge < -0.3 is 10.6 Å². The van der Waals surface area contributed by atoms with Crippen molar-refractivity contribution < 1.29 is 0 Å². The van der Waals surface area contributed by atoms with Gasteiger partial charge in [0.2, 0.25) is 0 Å². The largest absolute Gasteiger partial charge is 0.399 e. The summed E-state index contributed by atoms with van der Waals surface area (Å²) in [5, 5.41) is 0. The average Bonchev–Trinajstić information content (AvgIpc) is 2.86. The Hall–Kier alpha value is -3.00. The first-order valence-corrected chi connectivity index (χ1v) is 13.8. The zero-order valence-electron chi connectivity index (χ0n) is 24.2. The van der Waals surface area contributed by atoms with Crippen LogP contribution in [0.4, 0.5) is 0 Å². The third-order valence-corrected chi connectivity index (χ3v) is 9.48. The van der Waals surface area contributed by atoms with E-state index in [9.17, 15) is 0 Å². The van der Waals surface area contributed by atoms with Gasteiger partial charge in [0, 0.05) is 24.5 Å². The molecule has 2 aromatic carbocycles. The Morgan fingerprint density at radius 2 is 1.11 bits per heavy atom. The molecule has 0 saturated carbocycles. The van der Waals surface area contributed by atoms with Gasteiger partial charge in [0.05, 0.1) is 0 Å². The van der Waals surface area contributed by atoms with E-state index in [-0.39, 0.29) is 10.8 Å². The molecule has 0 amide bonds. The summed E-state index contributed by atoms with van der Waals surface area (Å²) < 4.78 is 0. The molecule has 196 valence electrons. The molecule has 2 aliphatic rings. The molecule has 4 unspecified atom stereocenters. The summed E-state index contributed by atoms with van der Waals surface area (Å²) in [4.78, 5) is 2.59. The molecule has 2 aliphatic carbocycles. The third-order valence-electron chi connectivity index (χ3n) is 9.48. The number of nitrogens with two attached hydrogens (primary N) is 1. The van der Waals surface area contributed by atoms with Crippen LogP contribution in [0, 0.1) is 22.7 Å². The van der Waals surface area contributed by atoms with Crippen LogP contribution in [-0.4, -0.2) is 4.90 Å². The molecule has 0 radical (unpaired) electrons. The highest BCUT2D eigenvalue weighted by molar-refractivity contribution is 5.43. The zero-order valence-corrected chi connectivity index (χ0v) is 24.2. The Kier molecular flexibility index (Phi) is 7.60. The monoisotopic (exact) mass is 494 g/mol. The van der Waals surface area contributed by atoms with Crippen molar-refractivity contribution in [3.05, 3.63) is 118 Å². The summed E-state index contributed by atoms with van der Waals surface area (Å²) in [5.41, 5.74) is 17.1. The van der Waals surface area contributed by atoms with E-state index in [4.69, 9.17) is 5.73 Å². The fourth-order valence-corrected chi connectivity index (χ4v) is 6.98. The lowest BCUT2D eigenvalue weighted by Gasteiger charge is -2.49. The lowest BCUT2D eigenvalue weighted by molar-refractivity contribution is 0.153. The van der Waals surface area contributed by atoms with Gasteiger partial charge >= 0.3 is 0 Å². The lowest BCUT2D eigenvalue weighted by atomic mass is 9.57. The maximum Gasteiger partial charge on any atom is 0.0433 e. The van der Waals surface area contributed by atoms with Crippen molar-refractivity contribution in [2.45, 2.75) is 74.9 Å². The fourth-order valence-electron chi connectivity index (χ4n) is 6.98. The number of rotatable bonds is 7. The molecular weight excluding hydrogens is 448 g/mol. The molecule has 0 aliphatic heterocycles. The van der Waals surface area contributed by atoms with Crippen LogP contribution in [0.5, 0.6) is 0 Å². The molecule has 2 N–H and O–H groups in total. The molecule has 0 aromatic heterocycles. The van der Waals surface area contributed by atoms with Gasteiger partial charge in [-0.25, -0.2) is 0 Å². The van der Waals surface area contributed by atoms with E-state index in [1.165, 1.54) is 39.1 Å². The van der Waals surface area contributed by atoms with Crippen LogP contribution < -0.4 is 5.73 Å². The van der Waals surface area contributed by atoms with Crippen LogP contribution in [0.1, 0.15) is 72.9 Å². The summed E-state index contributed by atoms with van der Waals surface area (Å²) in [6.45, 7) is 20.6. The maximum absolute atomic E-state index is 6.44. The highest BCUT2D eigenvalue weighted by atomic mass is 15.1. The van der Waals surface area contributed by atoms with Gasteiger partial charge in [-0.05, 0) is 90.2 Å². The first kappa shape index (κ1) is 27.0. The van der Waals surface area contributed by atoms with Crippen LogP contribution in [0.2, 0.25) is 0 Å². The Morgan fingerprint density at radius 1 is 0.676 bits per heavy atom. The average molecular weight is 495 g/mol. The SMILES string of the molecule is CC1=CC(C)(CC2(C)C=C(C)C(N(Cc3ccccc3)Cc3ccccc3)=C(C)C2C)C(C)C(C)=C1N. The van der Waals surface area contributed by atoms with Crippen LogP contribution in [0.15, 0.2) is 107 Å². The smallest absolute Gasteiger partial charge is 0.0433 e. The predicted molar refractivity (Wildman–Crippen MR) is 158 cm³/mol. The molecule has 37 heavy (non-hydrogen) atoms. The zero-order chi connectivity index (χ0) is 27.0. The van der Waals surface area contributed by atoms with Gasteiger partial charge in [-0.2, -0.15) is 0 Å². The van der Waals surface area contributed by atoms with Crippen LogP contribution >= 0.6 is 0 Å². The van der Waals surface area contributed by atoms with E-state index in [1.54, 1.807) is 0 Å². The lowest BCUT2D eigenvalue weighted by Crippen LogP contribution is -2.40. The minimum Gasteiger partial charge on any atom is -0.399 e. The Balaban J connectivity index is 1.69. The van der Waals surface area contributed by atoms with Gasteiger partial charge in [0.15, 0.2) is 0 Å². The minimum atomic E-state index is 0.0645. The highest BCUT2D eigenvalue weighted by Gasteiger charge is 2.44. The number of hydrogen-bond acceptors (Lipinski definition) is 2. The van der Waals surface area contributed by atoms with Crippen molar-refractivity contribution in [1.82, 2.24) is 4.90 Å². The van der Waals surface area contributed by atoms with Crippen LogP contribution in [0.3, 0.4) is 0 Å². The second-order valence-corrected chi connectivity index (χ2v) is 12.2. The van der Waals surface area contributed by atoms with Crippen LogP contribution in [-0.2, 0) is 13.1 Å². The second kappa shape index (κ2) is 10.4. The minimum absolute atomic E-state index is 0.0645. The van der Waals surface area contributed by atoms with Crippen molar-refractivity contribution in [2.24, 2.45) is 28.4 Å². The molecule has 4 atom stereocenters. The number of allylic oxidation sites excluding steroid dienone is 6. The van der Waals surface area contributed by atoms with E-state index in [2.05, 4.69) is 133 Å². The van der Waals surface area contributed by atoms with Crippen molar-refractivity contribution in [3.63, 3.8) is 0 Å². The van der Waals surface area contributed by atoms with E-state index in [0.29, 0.717) is 11.8 Å². The van der Waals surface area contributed by atoms with Crippen LogP contribution in [0.25, 0.3) is 0 Å². The second-order valence-electron chi connectivity index (χ2n) is 12.2. The van der Waals surface area contributed by atoms with Crippen molar-refractivity contribution in [1.29, 1.82) is 0 Å². The molecule has 2 aromatic rings. The van der Waals surface area contributed by atoms with Gasteiger partial charge in [0.1, 0.15) is 0 Å². The first-order valence-electron chi connectivity index (χ1n) is 13.8. The predicted octanol–water partition coefficient (Wildman–Crippen LogP) is 8.79. The summed E-state index contributed by atoms with van der Waals surface area (Å²) >= 11 is 0. The molecule has 2 heteroatoms. The topological polar surface area (TPSA) is 29.3 Å². The molecule has 0 saturated heterocycles. The maximum atomic E-state index is 6.44. The number of hydrogen-bond donors (Lipinski definition) is 1. The molecule has 0 bridgehead atoms. The summed E-state index contributed by atoms with van der Waals surface area (Å²) in [5.74, 6) is 0.855. The van der Waals surface area contributed by atoms with E-state index in [0.717, 1.165) is 25.2 Å². The Morgan fingerprint density at radius 3 is 1.59 bits per heavy atom. The van der Waals surface area contributed by atoms with E-state index < -0.39 is 0 Å². The molecule has 0 spiro atoms. The van der Waals surface area contributed by atoms with Crippen molar-refractivity contribution in [2.75, 3.05) is 0 Å². The molecule has 2 nitrogen and oxygen atoms in total. The first-order chi connectivity index (χ1) is 17.4. The number of nitrogens with zero attached hydrogens (tertiary/aromatic N) is 1. The Labute approximate surface area is 225 Å². The van der Waals surface area contributed by atoms with Gasteiger partial charge in [-0.3, -0.25) is 0 Å². The Bertz CT molecular complexity index is 1210. The fraction of sp³-hybridized carbons (Fsp3) is 0.429. The highest BCUT2D eigenvalue weighted by Crippen LogP contribution is 2.54. The molecule has 0 heterocycles. The summed E-state index contributed by atoms with van der Waals surface area (Å²) in [6.07, 6.45) is 6.14. The standard InChI is InChI=1S/C35H46N2/c1-24-19-34(7,28(5)26(3)32(24)36)23-35(8)20-25(2)33(27(4)29(35)6)37(21-30-15-11-9-12-16-30)22-31-17-13-10-14-18-31/h9-20,28-29H,21-23,36H2,1-8H3. The van der Waals surface area contributed by atoms with Crippen molar-refractivity contribution >= 4 is 0 Å². The third kappa shape index (κ3) is 5.35. The molecule has 4 rings (SSSR count). The summed E-state index contributed by atoms with van der Waals surface area (Å²) in [7, 11) is 0. The quantitative estimate of drug-likeness (QED) is 0.417.